The van der Waals surface area contributed by atoms with Crippen molar-refractivity contribution in [2.45, 2.75) is 17.9 Å². The summed E-state index contributed by atoms with van der Waals surface area (Å²) in [5.74, 6) is -1.04. The normalized spacial score (nSPS) is 33.2. The van der Waals surface area contributed by atoms with Gasteiger partial charge in [0, 0.05) is 17.8 Å². The summed E-state index contributed by atoms with van der Waals surface area (Å²) in [4.78, 5) is 17.3. The third-order valence-corrected chi connectivity index (χ3v) is 2.30. The van der Waals surface area contributed by atoms with E-state index in [1.165, 1.54) is 6.33 Å². The lowest BCUT2D eigenvalue weighted by atomic mass is 10.2. The van der Waals surface area contributed by atoms with Crippen LogP contribution in [0.4, 0.5) is 0 Å². The van der Waals surface area contributed by atoms with E-state index in [0.29, 0.717) is 6.42 Å². The average Bonchev–Trinajstić information content (AvgIpc) is 2.49. The molecule has 0 unspecified atom stereocenters. The largest absolute Gasteiger partial charge is 0.480 e. The highest BCUT2D eigenvalue weighted by molar-refractivity contribution is 5.84. The van der Waals surface area contributed by atoms with Gasteiger partial charge in [-0.3, -0.25) is 4.79 Å². The molecule has 0 saturated heterocycles. The minimum atomic E-state index is -1.06. The number of nitrogens with two attached hydrogens (primary N) is 1. The van der Waals surface area contributed by atoms with Gasteiger partial charge in [-0.2, -0.15) is 0 Å². The van der Waals surface area contributed by atoms with Crippen LogP contribution in [0.2, 0.25) is 0 Å². The predicted molar refractivity (Wildman–Crippen MR) is 40.5 cm³/mol. The number of nitrogens with one attached hydrogen (secondary N) is 1. The third-order valence-electron chi connectivity index (χ3n) is 2.30. The molecule has 4 N–H and O–H groups in total. The van der Waals surface area contributed by atoms with Gasteiger partial charge in [-0.05, 0) is 6.42 Å². The van der Waals surface area contributed by atoms with Gasteiger partial charge in [0.1, 0.15) is 5.54 Å². The molecule has 0 bridgehead atoms. The Labute approximate surface area is 68.6 Å². The van der Waals surface area contributed by atoms with Gasteiger partial charge in [-0.1, -0.05) is 0 Å². The highest BCUT2D eigenvalue weighted by Crippen LogP contribution is 2.48. The van der Waals surface area contributed by atoms with E-state index in [2.05, 4.69) is 9.97 Å². The Morgan fingerprint density at radius 3 is 3.08 bits per heavy atom. The molecular weight excluding hydrogens is 158 g/mol. The van der Waals surface area contributed by atoms with Crippen LogP contribution in [0.15, 0.2) is 12.5 Å². The Morgan fingerprint density at radius 2 is 2.67 bits per heavy atom. The summed E-state index contributed by atoms with van der Waals surface area (Å²) < 4.78 is 0. The van der Waals surface area contributed by atoms with E-state index in [-0.39, 0.29) is 5.92 Å². The zero-order chi connectivity index (χ0) is 8.77. The van der Waals surface area contributed by atoms with Gasteiger partial charge in [0.25, 0.3) is 0 Å². The molecule has 1 heterocycles. The first kappa shape index (κ1) is 7.30. The number of nitrogens with zero attached hydrogens (tertiary/aromatic N) is 1. The van der Waals surface area contributed by atoms with Crippen molar-refractivity contribution >= 4 is 5.97 Å². The van der Waals surface area contributed by atoms with E-state index in [1.807, 2.05) is 0 Å². The molecule has 1 aromatic rings. The van der Waals surface area contributed by atoms with Crippen LogP contribution in [0.25, 0.3) is 0 Å². The fourth-order valence-corrected chi connectivity index (χ4v) is 1.36. The molecule has 5 nitrogen and oxygen atoms in total. The molecule has 1 aromatic heterocycles. The third kappa shape index (κ3) is 0.831. The number of hydrogen-bond acceptors (Lipinski definition) is 3. The first-order valence-corrected chi connectivity index (χ1v) is 3.65. The molecule has 2 atom stereocenters. The van der Waals surface area contributed by atoms with Gasteiger partial charge in [0.05, 0.1) is 6.33 Å². The van der Waals surface area contributed by atoms with Crippen LogP contribution in [0.1, 0.15) is 18.0 Å². The lowest BCUT2D eigenvalue weighted by Crippen LogP contribution is -2.34. The van der Waals surface area contributed by atoms with Crippen molar-refractivity contribution in [1.29, 1.82) is 0 Å². The molecule has 0 radical (unpaired) electrons. The number of aromatic nitrogens is 2. The SMILES string of the molecule is N[C@@]1(C(=O)O)C[C@@H]1c1cnc[nH]1. The predicted octanol–water partition coefficient (Wildman–Crippen LogP) is -0.321. The lowest BCUT2D eigenvalue weighted by Gasteiger charge is -2.02. The number of carboxylic acids is 1. The number of hydrogen-bond donors (Lipinski definition) is 3. The monoisotopic (exact) mass is 167 g/mol. The van der Waals surface area contributed by atoms with Gasteiger partial charge in [0.2, 0.25) is 0 Å². The molecular formula is C7H9N3O2. The molecule has 0 spiro atoms. The number of H-pyrrole nitrogens is 1. The van der Waals surface area contributed by atoms with Crippen molar-refractivity contribution in [1.82, 2.24) is 9.97 Å². The number of aliphatic carboxylic acids is 1. The number of carboxylic acid groups (broad SMARTS) is 1. The Kier molecular flexibility index (Phi) is 1.26. The number of carbonyl (C=O) groups is 1. The highest BCUT2D eigenvalue weighted by atomic mass is 16.4. The molecule has 1 saturated carbocycles. The van der Waals surface area contributed by atoms with E-state index in [4.69, 9.17) is 10.8 Å². The Hall–Kier alpha value is -1.36. The van der Waals surface area contributed by atoms with E-state index >= 15 is 0 Å². The standard InChI is InChI=1S/C7H9N3O2/c8-7(6(11)12)1-4(7)5-2-9-3-10-5/h2-4H,1,8H2,(H,9,10)(H,11,12)/t4-,7+/m1/s1. The van der Waals surface area contributed by atoms with E-state index in [1.54, 1.807) is 6.20 Å². The molecule has 0 amide bonds. The summed E-state index contributed by atoms with van der Waals surface area (Å²) in [6.45, 7) is 0. The molecule has 0 aliphatic heterocycles. The smallest absolute Gasteiger partial charge is 0.324 e. The molecule has 5 heteroatoms. The van der Waals surface area contributed by atoms with E-state index < -0.39 is 11.5 Å². The summed E-state index contributed by atoms with van der Waals surface area (Å²) in [5.41, 5.74) is 5.32. The lowest BCUT2D eigenvalue weighted by molar-refractivity contribution is -0.139. The van der Waals surface area contributed by atoms with Crippen molar-refractivity contribution in [3.8, 4) is 0 Å². The van der Waals surface area contributed by atoms with Gasteiger partial charge >= 0.3 is 5.97 Å². The molecule has 12 heavy (non-hydrogen) atoms. The summed E-state index contributed by atoms with van der Waals surface area (Å²) >= 11 is 0. The second-order valence-corrected chi connectivity index (χ2v) is 3.11. The van der Waals surface area contributed by atoms with Gasteiger partial charge in [-0.25, -0.2) is 4.98 Å². The highest BCUT2D eigenvalue weighted by Gasteiger charge is 2.59. The molecule has 1 aliphatic carbocycles. The molecule has 2 rings (SSSR count). The van der Waals surface area contributed by atoms with Crippen LogP contribution in [0.3, 0.4) is 0 Å². The number of imidazole rings is 1. The topological polar surface area (TPSA) is 92.0 Å². The van der Waals surface area contributed by atoms with Crippen LogP contribution >= 0.6 is 0 Å². The first-order chi connectivity index (χ1) is 5.64. The Morgan fingerprint density at radius 1 is 1.92 bits per heavy atom. The molecule has 0 aromatic carbocycles. The second kappa shape index (κ2) is 2.07. The molecule has 1 fully saturated rings. The first-order valence-electron chi connectivity index (χ1n) is 3.65. The van der Waals surface area contributed by atoms with Crippen molar-refractivity contribution < 1.29 is 9.90 Å². The van der Waals surface area contributed by atoms with Crippen molar-refractivity contribution in [2.24, 2.45) is 5.73 Å². The van der Waals surface area contributed by atoms with Gasteiger partial charge in [0.15, 0.2) is 0 Å². The fourth-order valence-electron chi connectivity index (χ4n) is 1.36. The maximum absolute atomic E-state index is 10.6. The Bertz CT molecular complexity index is 308. The summed E-state index contributed by atoms with van der Waals surface area (Å²) in [7, 11) is 0. The van der Waals surface area contributed by atoms with Crippen LogP contribution in [0.5, 0.6) is 0 Å². The Balaban J connectivity index is 2.19. The summed E-state index contributed by atoms with van der Waals surface area (Å²) in [6.07, 6.45) is 3.63. The van der Waals surface area contributed by atoms with Crippen LogP contribution in [-0.4, -0.2) is 26.6 Å². The van der Waals surface area contributed by atoms with Crippen molar-refractivity contribution in [3.05, 3.63) is 18.2 Å². The average molecular weight is 167 g/mol. The van der Waals surface area contributed by atoms with Gasteiger partial charge in [-0.15, -0.1) is 0 Å². The van der Waals surface area contributed by atoms with Gasteiger partial charge < -0.3 is 15.8 Å². The zero-order valence-electron chi connectivity index (χ0n) is 6.32. The minimum absolute atomic E-state index is 0.0995. The number of rotatable bonds is 2. The van der Waals surface area contributed by atoms with Crippen molar-refractivity contribution in [2.75, 3.05) is 0 Å². The quantitative estimate of drug-likeness (QED) is 0.562. The fraction of sp³-hybridized carbons (Fsp3) is 0.429. The second-order valence-electron chi connectivity index (χ2n) is 3.11. The van der Waals surface area contributed by atoms with Crippen LogP contribution in [0, 0.1) is 0 Å². The summed E-state index contributed by atoms with van der Waals surface area (Å²) in [6, 6.07) is 0. The van der Waals surface area contributed by atoms with E-state index in [9.17, 15) is 4.79 Å². The van der Waals surface area contributed by atoms with E-state index in [0.717, 1.165) is 5.69 Å². The van der Waals surface area contributed by atoms with Crippen LogP contribution < -0.4 is 5.73 Å². The summed E-state index contributed by atoms with van der Waals surface area (Å²) in [5, 5.41) is 8.72. The molecule has 64 valence electrons. The maximum atomic E-state index is 10.6. The van der Waals surface area contributed by atoms with Crippen LogP contribution in [-0.2, 0) is 4.79 Å². The maximum Gasteiger partial charge on any atom is 0.324 e. The minimum Gasteiger partial charge on any atom is -0.480 e. The number of aromatic amines is 1. The molecule has 1 aliphatic rings. The zero-order valence-corrected chi connectivity index (χ0v) is 6.32. The van der Waals surface area contributed by atoms with Crippen molar-refractivity contribution in [3.63, 3.8) is 0 Å².